The fourth-order valence-corrected chi connectivity index (χ4v) is 1.93. The van der Waals surface area contributed by atoms with Gasteiger partial charge in [0.05, 0.1) is 5.71 Å². The molecule has 0 heterocycles. The van der Waals surface area contributed by atoms with Gasteiger partial charge in [0.2, 0.25) is 0 Å². The van der Waals surface area contributed by atoms with Gasteiger partial charge in [0.1, 0.15) is 6.61 Å². The summed E-state index contributed by atoms with van der Waals surface area (Å²) in [5, 5.41) is 4.35. The van der Waals surface area contributed by atoms with Crippen LogP contribution in [0.2, 0.25) is 0 Å². The number of unbranched alkanes of at least 4 members (excludes halogenated alkanes) is 2. The van der Waals surface area contributed by atoms with E-state index in [1.54, 1.807) is 0 Å². The van der Waals surface area contributed by atoms with Gasteiger partial charge in [0.15, 0.2) is 0 Å². The summed E-state index contributed by atoms with van der Waals surface area (Å²) >= 11 is 0. The van der Waals surface area contributed by atoms with Gasteiger partial charge in [-0.1, -0.05) is 66.5 Å². The second kappa shape index (κ2) is 6.27. The predicted octanol–water partition coefficient (Wildman–Crippen LogP) is 4.64. The Balaban J connectivity index is 4.38. The molecule has 0 aliphatic carbocycles. The molecule has 0 aromatic heterocycles. The molecule has 0 unspecified atom stereocenters. The van der Waals surface area contributed by atoms with Crippen molar-refractivity contribution in [3.8, 4) is 0 Å². The van der Waals surface area contributed by atoms with Gasteiger partial charge in [0, 0.05) is 10.8 Å². The lowest BCUT2D eigenvalue weighted by Gasteiger charge is -2.31. The molecule has 0 amide bonds. The first-order valence-corrected chi connectivity index (χ1v) is 6.40. The van der Waals surface area contributed by atoms with Gasteiger partial charge >= 0.3 is 0 Å². The molecule has 2 nitrogen and oxygen atoms in total. The van der Waals surface area contributed by atoms with Gasteiger partial charge < -0.3 is 4.84 Å². The minimum Gasteiger partial charge on any atom is -0.396 e. The topological polar surface area (TPSA) is 21.6 Å². The highest BCUT2D eigenvalue weighted by molar-refractivity contribution is 5.93. The molecule has 16 heavy (non-hydrogen) atoms. The van der Waals surface area contributed by atoms with Gasteiger partial charge in [0.25, 0.3) is 0 Å². The SMILES string of the molecule is CCCCCON=C(C(C)(C)C)C(C)(C)C. The molecule has 0 aromatic rings. The van der Waals surface area contributed by atoms with Crippen LogP contribution in [0.3, 0.4) is 0 Å². The first kappa shape index (κ1) is 15.5. The van der Waals surface area contributed by atoms with E-state index in [0.29, 0.717) is 0 Å². The maximum Gasteiger partial charge on any atom is 0.117 e. The summed E-state index contributed by atoms with van der Waals surface area (Å²) in [4.78, 5) is 5.44. The summed E-state index contributed by atoms with van der Waals surface area (Å²) < 4.78 is 0. The first-order valence-electron chi connectivity index (χ1n) is 6.40. The fourth-order valence-electron chi connectivity index (χ4n) is 1.93. The summed E-state index contributed by atoms with van der Waals surface area (Å²) in [6, 6.07) is 0. The number of hydrogen-bond donors (Lipinski definition) is 0. The molecule has 0 aliphatic rings. The van der Waals surface area contributed by atoms with Crippen LogP contribution >= 0.6 is 0 Å². The third kappa shape index (κ3) is 6.14. The quantitative estimate of drug-likeness (QED) is 0.381. The molecule has 0 atom stereocenters. The van der Waals surface area contributed by atoms with E-state index in [-0.39, 0.29) is 10.8 Å². The van der Waals surface area contributed by atoms with Gasteiger partial charge in [-0.2, -0.15) is 0 Å². The normalized spacial score (nSPS) is 12.4. The zero-order chi connectivity index (χ0) is 12.8. The lowest BCUT2D eigenvalue weighted by Crippen LogP contribution is -2.33. The van der Waals surface area contributed by atoms with E-state index in [1.807, 2.05) is 0 Å². The maximum absolute atomic E-state index is 5.44. The molecule has 96 valence electrons. The summed E-state index contributed by atoms with van der Waals surface area (Å²) in [5.74, 6) is 0. The monoisotopic (exact) mass is 227 g/mol. The third-order valence-electron chi connectivity index (χ3n) is 2.42. The summed E-state index contributed by atoms with van der Waals surface area (Å²) in [5.41, 5.74) is 1.28. The highest BCUT2D eigenvalue weighted by Crippen LogP contribution is 2.30. The van der Waals surface area contributed by atoms with Crippen LogP contribution in [0.25, 0.3) is 0 Å². The van der Waals surface area contributed by atoms with Gasteiger partial charge in [-0.25, -0.2) is 0 Å². The third-order valence-corrected chi connectivity index (χ3v) is 2.42. The number of rotatable bonds is 5. The lowest BCUT2D eigenvalue weighted by molar-refractivity contribution is 0.133. The highest BCUT2D eigenvalue weighted by Gasteiger charge is 2.30. The van der Waals surface area contributed by atoms with Gasteiger partial charge in [-0.3, -0.25) is 0 Å². The van der Waals surface area contributed by atoms with Gasteiger partial charge in [-0.15, -0.1) is 0 Å². The van der Waals surface area contributed by atoms with Crippen molar-refractivity contribution < 1.29 is 4.84 Å². The zero-order valence-electron chi connectivity index (χ0n) is 12.2. The molecule has 0 rings (SSSR count). The Bertz CT molecular complexity index is 202. The van der Waals surface area contributed by atoms with Crippen LogP contribution in [0.1, 0.15) is 67.7 Å². The molecular formula is C14H29NO. The van der Waals surface area contributed by atoms with Crippen molar-refractivity contribution in [1.82, 2.24) is 0 Å². The van der Waals surface area contributed by atoms with Crippen molar-refractivity contribution in [2.24, 2.45) is 16.0 Å². The standard InChI is InChI=1S/C14H29NO/c1-8-9-10-11-16-15-12(13(2,3)4)14(5,6)7/h8-11H2,1-7H3. The first-order chi connectivity index (χ1) is 7.19. The molecule has 0 aliphatic heterocycles. The molecule has 0 saturated heterocycles. The van der Waals surface area contributed by atoms with E-state index in [0.717, 1.165) is 18.7 Å². The van der Waals surface area contributed by atoms with Crippen LogP contribution in [0.15, 0.2) is 5.16 Å². The Morgan fingerprint density at radius 3 is 1.81 bits per heavy atom. The molecule has 0 N–H and O–H groups in total. The van der Waals surface area contributed by atoms with Crippen molar-refractivity contribution in [1.29, 1.82) is 0 Å². The van der Waals surface area contributed by atoms with E-state index in [2.05, 4.69) is 53.6 Å². The predicted molar refractivity (Wildman–Crippen MR) is 71.8 cm³/mol. The van der Waals surface area contributed by atoms with E-state index in [9.17, 15) is 0 Å². The van der Waals surface area contributed by atoms with E-state index in [4.69, 9.17) is 4.84 Å². The fraction of sp³-hybridized carbons (Fsp3) is 0.929. The average Bonchev–Trinajstić information content (AvgIpc) is 2.06. The Morgan fingerprint density at radius 2 is 1.44 bits per heavy atom. The molecule has 0 aromatic carbocycles. The summed E-state index contributed by atoms with van der Waals surface area (Å²) in [6.07, 6.45) is 3.54. The van der Waals surface area contributed by atoms with Crippen LogP contribution in [0.5, 0.6) is 0 Å². The van der Waals surface area contributed by atoms with Crippen molar-refractivity contribution >= 4 is 5.71 Å². The summed E-state index contributed by atoms with van der Waals surface area (Å²) in [6.45, 7) is 16.1. The second-order valence-corrected chi connectivity index (χ2v) is 6.48. The molecule has 0 spiro atoms. The van der Waals surface area contributed by atoms with E-state index >= 15 is 0 Å². The average molecular weight is 227 g/mol. The van der Waals surface area contributed by atoms with Crippen molar-refractivity contribution in [3.05, 3.63) is 0 Å². The van der Waals surface area contributed by atoms with Gasteiger partial charge in [-0.05, 0) is 6.42 Å². The Morgan fingerprint density at radius 1 is 0.938 bits per heavy atom. The van der Waals surface area contributed by atoms with E-state index in [1.165, 1.54) is 12.8 Å². The number of hydrogen-bond acceptors (Lipinski definition) is 2. The van der Waals surface area contributed by atoms with Crippen LogP contribution in [0, 0.1) is 10.8 Å². The molecular weight excluding hydrogens is 198 g/mol. The molecule has 0 fully saturated rings. The Hall–Kier alpha value is -0.530. The molecule has 0 radical (unpaired) electrons. The Labute approximate surface area is 101 Å². The largest absolute Gasteiger partial charge is 0.396 e. The zero-order valence-corrected chi connectivity index (χ0v) is 12.2. The maximum atomic E-state index is 5.44. The smallest absolute Gasteiger partial charge is 0.117 e. The number of nitrogens with zero attached hydrogens (tertiary/aromatic N) is 1. The van der Waals surface area contributed by atoms with Crippen LogP contribution in [0.4, 0.5) is 0 Å². The highest BCUT2D eigenvalue weighted by atomic mass is 16.6. The van der Waals surface area contributed by atoms with Crippen LogP contribution in [-0.2, 0) is 4.84 Å². The second-order valence-electron chi connectivity index (χ2n) is 6.48. The van der Waals surface area contributed by atoms with Crippen molar-refractivity contribution in [2.45, 2.75) is 67.7 Å². The van der Waals surface area contributed by atoms with E-state index < -0.39 is 0 Å². The number of oxime groups is 1. The minimum atomic E-state index is 0.0724. The van der Waals surface area contributed by atoms with Crippen molar-refractivity contribution in [3.63, 3.8) is 0 Å². The summed E-state index contributed by atoms with van der Waals surface area (Å²) in [7, 11) is 0. The van der Waals surface area contributed by atoms with Crippen molar-refractivity contribution in [2.75, 3.05) is 6.61 Å². The lowest BCUT2D eigenvalue weighted by atomic mass is 9.75. The molecule has 2 heteroatoms. The molecule has 0 bridgehead atoms. The molecule has 0 saturated carbocycles. The van der Waals surface area contributed by atoms with Crippen LogP contribution in [-0.4, -0.2) is 12.3 Å². The Kier molecular flexibility index (Phi) is 6.06. The van der Waals surface area contributed by atoms with Crippen LogP contribution < -0.4 is 0 Å². The minimum absolute atomic E-state index is 0.0724.